The molecule has 102 valence electrons. The molecule has 2 aromatic carbocycles. The van der Waals surface area contributed by atoms with E-state index in [1.165, 1.54) is 0 Å². The fourth-order valence-corrected chi connectivity index (χ4v) is 2.86. The molecule has 0 atom stereocenters. The van der Waals surface area contributed by atoms with Crippen molar-refractivity contribution in [3.63, 3.8) is 0 Å². The lowest BCUT2D eigenvalue weighted by molar-refractivity contribution is 1.08. The van der Waals surface area contributed by atoms with Crippen molar-refractivity contribution >= 4 is 17.3 Å². The molecule has 0 bridgehead atoms. The number of halogens is 1. The van der Waals surface area contributed by atoms with Gasteiger partial charge in [-0.15, -0.1) is 0 Å². The lowest BCUT2D eigenvalue weighted by Crippen LogP contribution is -2.04. The van der Waals surface area contributed by atoms with Gasteiger partial charge in [0.1, 0.15) is 0 Å². The Morgan fingerprint density at radius 1 is 1.00 bits per heavy atom. The molecule has 0 saturated carbocycles. The highest BCUT2D eigenvalue weighted by molar-refractivity contribution is 6.31. The van der Waals surface area contributed by atoms with E-state index >= 15 is 0 Å². The van der Waals surface area contributed by atoms with Gasteiger partial charge in [-0.3, -0.25) is 10.1 Å². The maximum atomic E-state index is 6.20. The van der Waals surface area contributed by atoms with E-state index in [1.807, 2.05) is 42.6 Å². The fourth-order valence-electron chi connectivity index (χ4n) is 2.69. The van der Waals surface area contributed by atoms with Crippen LogP contribution in [-0.4, -0.2) is 15.9 Å². The minimum Gasteiger partial charge on any atom is -0.279 e. The van der Waals surface area contributed by atoms with Gasteiger partial charge in [0.15, 0.2) is 0 Å². The van der Waals surface area contributed by atoms with E-state index in [9.17, 15) is 0 Å². The summed E-state index contributed by atoms with van der Waals surface area (Å²) in [5.41, 5.74) is 6.32. The molecular weight excluding hydrogens is 282 g/mol. The van der Waals surface area contributed by atoms with Gasteiger partial charge in [0.2, 0.25) is 0 Å². The number of rotatable bonds is 1. The van der Waals surface area contributed by atoms with E-state index in [0.717, 1.165) is 33.7 Å². The molecular formula is C17H12ClN3. The first-order valence-corrected chi connectivity index (χ1v) is 7.13. The van der Waals surface area contributed by atoms with Crippen LogP contribution in [0.5, 0.6) is 0 Å². The zero-order chi connectivity index (χ0) is 14.2. The third-order valence-corrected chi connectivity index (χ3v) is 3.91. The molecule has 1 N–H and O–H groups in total. The van der Waals surface area contributed by atoms with E-state index < -0.39 is 0 Å². The van der Waals surface area contributed by atoms with Crippen molar-refractivity contribution < 1.29 is 0 Å². The summed E-state index contributed by atoms with van der Waals surface area (Å²) < 4.78 is 0. The molecule has 0 fully saturated rings. The van der Waals surface area contributed by atoms with Gasteiger partial charge >= 0.3 is 0 Å². The average Bonchev–Trinajstić information content (AvgIpc) is 2.92. The second-order valence-corrected chi connectivity index (χ2v) is 5.43. The Labute approximate surface area is 127 Å². The smallest absolute Gasteiger partial charge is 0.0730 e. The maximum absolute atomic E-state index is 6.20. The van der Waals surface area contributed by atoms with Crippen molar-refractivity contribution in [1.29, 1.82) is 0 Å². The molecule has 4 rings (SSSR count). The number of hydrogen-bond donors (Lipinski definition) is 1. The summed E-state index contributed by atoms with van der Waals surface area (Å²) in [4.78, 5) is 4.79. The Balaban J connectivity index is 2.00. The highest BCUT2D eigenvalue weighted by atomic mass is 35.5. The molecule has 0 aliphatic carbocycles. The van der Waals surface area contributed by atoms with Crippen molar-refractivity contribution in [2.24, 2.45) is 4.99 Å². The Kier molecular flexibility index (Phi) is 2.86. The summed E-state index contributed by atoms with van der Waals surface area (Å²) in [6.45, 7) is 0.613. The summed E-state index contributed by atoms with van der Waals surface area (Å²) in [5, 5.41) is 7.92. The third-order valence-electron chi connectivity index (χ3n) is 3.68. The zero-order valence-corrected chi connectivity index (χ0v) is 11.9. The van der Waals surface area contributed by atoms with E-state index in [4.69, 9.17) is 16.6 Å². The first-order chi connectivity index (χ1) is 10.3. The normalized spacial score (nSPS) is 13.1. The van der Waals surface area contributed by atoms with Gasteiger partial charge in [0.05, 0.1) is 24.1 Å². The van der Waals surface area contributed by atoms with Crippen molar-refractivity contribution in [2.75, 3.05) is 0 Å². The topological polar surface area (TPSA) is 41.0 Å². The molecule has 1 aromatic heterocycles. The average molecular weight is 294 g/mol. The number of nitrogens with zero attached hydrogens (tertiary/aromatic N) is 2. The van der Waals surface area contributed by atoms with Crippen LogP contribution in [0.1, 0.15) is 16.7 Å². The number of fused-ring (bicyclic) bond motifs is 3. The monoisotopic (exact) mass is 293 g/mol. The molecule has 21 heavy (non-hydrogen) atoms. The van der Waals surface area contributed by atoms with Crippen LogP contribution in [0.15, 0.2) is 59.7 Å². The first kappa shape index (κ1) is 12.4. The summed E-state index contributed by atoms with van der Waals surface area (Å²) in [6, 6.07) is 16.1. The van der Waals surface area contributed by atoms with Gasteiger partial charge in [-0.1, -0.05) is 48.0 Å². The lowest BCUT2D eigenvalue weighted by Gasteiger charge is -2.10. The highest BCUT2D eigenvalue weighted by Gasteiger charge is 2.20. The second-order valence-electron chi connectivity index (χ2n) is 4.99. The lowest BCUT2D eigenvalue weighted by atomic mass is 9.96. The van der Waals surface area contributed by atoms with Crippen molar-refractivity contribution in [2.45, 2.75) is 6.54 Å². The first-order valence-electron chi connectivity index (χ1n) is 6.75. The number of nitrogens with one attached hydrogen (secondary N) is 1. The second kappa shape index (κ2) is 4.86. The Hall–Kier alpha value is -2.39. The van der Waals surface area contributed by atoms with Crippen LogP contribution in [0.2, 0.25) is 5.02 Å². The summed E-state index contributed by atoms with van der Waals surface area (Å²) in [6.07, 6.45) is 1.84. The highest BCUT2D eigenvalue weighted by Crippen LogP contribution is 2.32. The molecule has 4 heteroatoms. The summed E-state index contributed by atoms with van der Waals surface area (Å²) >= 11 is 6.20. The minimum atomic E-state index is 0.613. The van der Waals surface area contributed by atoms with Crippen molar-refractivity contribution in [3.05, 3.63) is 76.4 Å². The van der Waals surface area contributed by atoms with Crippen LogP contribution >= 0.6 is 11.6 Å². The van der Waals surface area contributed by atoms with E-state index in [0.29, 0.717) is 11.6 Å². The number of aromatic amines is 1. The van der Waals surface area contributed by atoms with Crippen molar-refractivity contribution in [3.8, 4) is 11.3 Å². The van der Waals surface area contributed by atoms with Crippen LogP contribution in [0.25, 0.3) is 11.3 Å². The predicted molar refractivity (Wildman–Crippen MR) is 84.8 cm³/mol. The van der Waals surface area contributed by atoms with Gasteiger partial charge in [-0.25, -0.2) is 0 Å². The molecule has 2 heterocycles. The van der Waals surface area contributed by atoms with Crippen molar-refractivity contribution in [1.82, 2.24) is 10.2 Å². The largest absolute Gasteiger partial charge is 0.279 e. The van der Waals surface area contributed by atoms with Crippen LogP contribution in [0.4, 0.5) is 0 Å². The van der Waals surface area contributed by atoms with E-state index in [1.54, 1.807) is 0 Å². The number of H-pyrrole nitrogens is 1. The Bertz CT molecular complexity index is 834. The third kappa shape index (κ3) is 2.06. The summed E-state index contributed by atoms with van der Waals surface area (Å²) in [5.74, 6) is 0. The molecule has 0 saturated heterocycles. The van der Waals surface area contributed by atoms with E-state index in [2.05, 4.69) is 22.3 Å². The Morgan fingerprint density at radius 2 is 1.86 bits per heavy atom. The minimum absolute atomic E-state index is 0.613. The standard InChI is InChI=1S/C17H12ClN3/c18-13-6-7-14-15(8-13)16(11-4-2-1-3-5-11)19-9-12-10-20-21-17(12)14/h1-8,10H,9H2,(H,20,21). The molecule has 3 nitrogen and oxygen atoms in total. The molecule has 0 amide bonds. The van der Waals surface area contributed by atoms with Crippen LogP contribution in [0.3, 0.4) is 0 Å². The van der Waals surface area contributed by atoms with E-state index in [-0.39, 0.29) is 0 Å². The summed E-state index contributed by atoms with van der Waals surface area (Å²) in [7, 11) is 0. The SMILES string of the molecule is Clc1ccc2c(c1)C(c1ccccc1)=NCc1cn[nH]c1-2. The van der Waals surface area contributed by atoms with Crippen LogP contribution in [-0.2, 0) is 6.54 Å². The van der Waals surface area contributed by atoms with Crippen LogP contribution < -0.4 is 0 Å². The quantitative estimate of drug-likeness (QED) is 0.721. The van der Waals surface area contributed by atoms with Crippen LogP contribution in [0, 0.1) is 0 Å². The fraction of sp³-hybridized carbons (Fsp3) is 0.0588. The number of hydrogen-bond acceptors (Lipinski definition) is 2. The van der Waals surface area contributed by atoms with Gasteiger partial charge < -0.3 is 0 Å². The number of benzene rings is 2. The number of aromatic nitrogens is 2. The molecule has 0 radical (unpaired) electrons. The van der Waals surface area contributed by atoms with Gasteiger partial charge in [0.25, 0.3) is 0 Å². The van der Waals surface area contributed by atoms with Gasteiger partial charge in [-0.2, -0.15) is 5.10 Å². The predicted octanol–water partition coefficient (Wildman–Crippen LogP) is 4.08. The zero-order valence-electron chi connectivity index (χ0n) is 11.2. The van der Waals surface area contributed by atoms with Gasteiger partial charge in [-0.05, 0) is 12.1 Å². The Morgan fingerprint density at radius 3 is 2.71 bits per heavy atom. The maximum Gasteiger partial charge on any atom is 0.0730 e. The molecule has 3 aromatic rings. The van der Waals surface area contributed by atoms with Gasteiger partial charge in [0, 0.05) is 27.3 Å². The molecule has 1 aliphatic rings. The molecule has 0 unspecified atom stereocenters. The molecule has 1 aliphatic heterocycles. The molecule has 0 spiro atoms. The number of aliphatic imine (C=N–C) groups is 1.